The first-order valence-corrected chi connectivity index (χ1v) is 13.1. The van der Waals surface area contributed by atoms with Crippen molar-refractivity contribution < 1.29 is 14.6 Å². The Hall–Kier alpha value is -2.44. The molecule has 2 fully saturated rings. The summed E-state index contributed by atoms with van der Waals surface area (Å²) >= 11 is 0. The topological polar surface area (TPSA) is 74.7 Å². The van der Waals surface area contributed by atoms with Crippen LogP contribution >= 0.6 is 0 Å². The number of carboxylic acids is 1. The van der Waals surface area contributed by atoms with E-state index < -0.39 is 12.0 Å². The molecule has 1 saturated carbocycles. The molecular formula is C28H37N3O3. The maximum atomic E-state index is 12.4. The lowest BCUT2D eigenvalue weighted by Gasteiger charge is -2.27. The van der Waals surface area contributed by atoms with E-state index in [1.165, 1.54) is 11.1 Å². The molecule has 0 amide bonds. The van der Waals surface area contributed by atoms with Crippen molar-refractivity contribution in [2.24, 2.45) is 0 Å². The number of aromatic nitrogens is 1. The van der Waals surface area contributed by atoms with Crippen LogP contribution in [0.1, 0.15) is 92.3 Å². The fourth-order valence-electron chi connectivity index (χ4n) is 5.54. The molecule has 3 aliphatic rings. The zero-order chi connectivity index (χ0) is 23.5. The number of hydrogen-bond acceptors (Lipinski definition) is 5. The van der Waals surface area contributed by atoms with E-state index in [1.807, 2.05) is 18.2 Å². The van der Waals surface area contributed by atoms with E-state index in [2.05, 4.69) is 35.3 Å². The van der Waals surface area contributed by atoms with E-state index in [0.717, 1.165) is 81.5 Å². The first-order chi connectivity index (χ1) is 16.6. The number of carbonyl (C=O) groups is 1. The average molecular weight is 464 g/mol. The van der Waals surface area contributed by atoms with Crippen LogP contribution in [0, 0.1) is 0 Å². The van der Waals surface area contributed by atoms with Crippen molar-refractivity contribution in [3.05, 3.63) is 58.8 Å². The molecule has 6 nitrogen and oxygen atoms in total. The van der Waals surface area contributed by atoms with Gasteiger partial charge in [-0.05, 0) is 67.2 Å². The van der Waals surface area contributed by atoms with Crippen LogP contribution in [0.5, 0.6) is 0 Å². The number of aliphatic carboxylic acids is 1. The molecule has 5 rings (SSSR count). The number of rotatable bonds is 10. The molecular weight excluding hydrogens is 426 g/mol. The minimum absolute atomic E-state index is 0.0163. The fraction of sp³-hybridized carbons (Fsp3) is 0.571. The lowest BCUT2D eigenvalue weighted by Crippen LogP contribution is -2.34. The number of ether oxygens (including phenoxy) is 1. The van der Waals surface area contributed by atoms with Gasteiger partial charge in [-0.15, -0.1) is 0 Å². The summed E-state index contributed by atoms with van der Waals surface area (Å²) in [5.74, 6) is 0.762. The maximum Gasteiger partial charge on any atom is 0.325 e. The van der Waals surface area contributed by atoms with Gasteiger partial charge in [0.05, 0.1) is 17.9 Å². The highest BCUT2D eigenvalue weighted by Gasteiger charge is 2.38. The van der Waals surface area contributed by atoms with Crippen LogP contribution in [0.4, 0.5) is 5.82 Å². The number of nitrogens with one attached hydrogen (secondary N) is 1. The van der Waals surface area contributed by atoms with Crippen molar-refractivity contribution in [1.29, 1.82) is 0 Å². The van der Waals surface area contributed by atoms with Gasteiger partial charge in [-0.1, -0.05) is 50.1 Å². The van der Waals surface area contributed by atoms with Crippen LogP contribution in [0.25, 0.3) is 0 Å². The molecule has 6 heteroatoms. The van der Waals surface area contributed by atoms with Gasteiger partial charge in [-0.25, -0.2) is 4.98 Å². The van der Waals surface area contributed by atoms with E-state index in [4.69, 9.17) is 9.72 Å². The molecule has 1 unspecified atom stereocenters. The van der Waals surface area contributed by atoms with Gasteiger partial charge < -0.3 is 15.2 Å². The Balaban J connectivity index is 1.31. The first kappa shape index (κ1) is 23.3. The number of nitrogens with zero attached hydrogens (tertiary/aromatic N) is 2. The molecule has 2 N–H and O–H groups in total. The number of benzene rings is 1. The second kappa shape index (κ2) is 10.4. The minimum atomic E-state index is -0.765. The normalized spacial score (nSPS) is 22.1. The van der Waals surface area contributed by atoms with Crippen molar-refractivity contribution in [2.75, 3.05) is 25.0 Å². The number of unbranched alkanes of at least 4 members (excludes halogenated alkanes) is 1. The highest BCUT2D eigenvalue weighted by atomic mass is 16.5. The molecule has 0 radical (unpaired) electrons. The summed E-state index contributed by atoms with van der Waals surface area (Å²) in [4.78, 5) is 19.4. The highest BCUT2D eigenvalue weighted by Crippen LogP contribution is 2.44. The molecule has 0 spiro atoms. The van der Waals surface area contributed by atoms with Gasteiger partial charge in [0.15, 0.2) is 0 Å². The van der Waals surface area contributed by atoms with Gasteiger partial charge in [-0.2, -0.15) is 0 Å². The summed E-state index contributed by atoms with van der Waals surface area (Å²) in [6.07, 6.45) is 8.49. The summed E-state index contributed by atoms with van der Waals surface area (Å²) in [7, 11) is 0. The van der Waals surface area contributed by atoms with Crippen LogP contribution in [-0.4, -0.2) is 46.7 Å². The number of aryl methyl sites for hydroxylation is 1. The van der Waals surface area contributed by atoms with Crippen LogP contribution in [0.3, 0.4) is 0 Å². The third kappa shape index (κ3) is 5.13. The zero-order valence-electron chi connectivity index (χ0n) is 20.2. The zero-order valence-corrected chi connectivity index (χ0v) is 20.2. The van der Waals surface area contributed by atoms with Gasteiger partial charge in [0.25, 0.3) is 0 Å². The Morgan fingerprint density at radius 2 is 2.09 bits per heavy atom. The van der Waals surface area contributed by atoms with Crippen LogP contribution in [-0.2, 0) is 16.0 Å². The Labute approximate surface area is 202 Å². The third-order valence-electron chi connectivity index (χ3n) is 7.51. The number of anilines is 1. The number of likely N-dealkylation sites (tertiary alicyclic amines) is 1. The van der Waals surface area contributed by atoms with Crippen LogP contribution in [0.15, 0.2) is 36.4 Å². The molecule has 2 aliphatic heterocycles. The average Bonchev–Trinajstić information content (AvgIpc) is 3.61. The van der Waals surface area contributed by atoms with E-state index in [1.54, 1.807) is 0 Å². The smallest absolute Gasteiger partial charge is 0.325 e. The van der Waals surface area contributed by atoms with Gasteiger partial charge in [0.2, 0.25) is 0 Å². The van der Waals surface area contributed by atoms with E-state index >= 15 is 0 Å². The van der Waals surface area contributed by atoms with Crippen molar-refractivity contribution in [3.8, 4) is 0 Å². The predicted molar refractivity (Wildman–Crippen MR) is 133 cm³/mol. The van der Waals surface area contributed by atoms with Crippen LogP contribution < -0.4 is 5.32 Å². The standard InChI is InChI=1S/C28H37N3O3/c1-2-3-10-25(24-14-13-20-7-6-16-29-27(20)30-24)34-21-15-17-31(18-21)26(28(32)33)23-9-5-4-8-22(23)19-11-12-19/h4-5,8-9,13-14,19,21,25-26H,2-3,6-7,10-12,15-18H2,1H3,(H,29,30)(H,32,33)/t21-,25-,26?/m0/s1. The fourth-order valence-corrected chi connectivity index (χ4v) is 5.54. The number of fused-ring (bicyclic) bond motifs is 1. The van der Waals surface area contributed by atoms with Crippen molar-refractivity contribution in [3.63, 3.8) is 0 Å². The summed E-state index contributed by atoms with van der Waals surface area (Å²) in [5.41, 5.74) is 4.46. The Morgan fingerprint density at radius 3 is 2.88 bits per heavy atom. The van der Waals surface area contributed by atoms with Crippen molar-refractivity contribution in [2.45, 2.75) is 82.5 Å². The first-order valence-electron chi connectivity index (χ1n) is 13.1. The molecule has 1 saturated heterocycles. The van der Waals surface area contributed by atoms with Gasteiger partial charge >= 0.3 is 5.97 Å². The van der Waals surface area contributed by atoms with E-state index in [0.29, 0.717) is 12.5 Å². The molecule has 0 bridgehead atoms. The summed E-state index contributed by atoms with van der Waals surface area (Å²) < 4.78 is 6.65. The lowest BCUT2D eigenvalue weighted by molar-refractivity contribution is -0.143. The molecule has 1 aromatic carbocycles. The second-order valence-electron chi connectivity index (χ2n) is 10.1. The number of carboxylic acid groups (broad SMARTS) is 1. The Morgan fingerprint density at radius 1 is 1.24 bits per heavy atom. The summed E-state index contributed by atoms with van der Waals surface area (Å²) in [6, 6.07) is 11.8. The van der Waals surface area contributed by atoms with Crippen molar-refractivity contribution >= 4 is 11.8 Å². The quantitative estimate of drug-likeness (QED) is 0.487. The minimum Gasteiger partial charge on any atom is -0.480 e. The molecule has 182 valence electrons. The van der Waals surface area contributed by atoms with Gasteiger partial charge in [0.1, 0.15) is 11.9 Å². The Kier molecular flexibility index (Phi) is 7.16. The molecule has 1 aliphatic carbocycles. The largest absolute Gasteiger partial charge is 0.480 e. The summed E-state index contributed by atoms with van der Waals surface area (Å²) in [5, 5.41) is 13.6. The summed E-state index contributed by atoms with van der Waals surface area (Å²) in [6.45, 7) is 4.55. The lowest BCUT2D eigenvalue weighted by atomic mass is 9.96. The second-order valence-corrected chi connectivity index (χ2v) is 10.1. The molecule has 3 atom stereocenters. The van der Waals surface area contributed by atoms with Gasteiger partial charge in [0, 0.05) is 19.6 Å². The van der Waals surface area contributed by atoms with E-state index in [-0.39, 0.29) is 12.2 Å². The number of hydrogen-bond donors (Lipinski definition) is 2. The molecule has 2 aromatic rings. The SMILES string of the molecule is CCCC[C@H](O[C@H]1CCN(C(C(=O)O)c2ccccc2C2CC2)C1)c1ccc2c(n1)NCCC2. The monoisotopic (exact) mass is 463 g/mol. The molecule has 34 heavy (non-hydrogen) atoms. The Bertz CT molecular complexity index is 1010. The van der Waals surface area contributed by atoms with Gasteiger partial charge in [-0.3, -0.25) is 9.69 Å². The third-order valence-corrected chi connectivity index (χ3v) is 7.51. The maximum absolute atomic E-state index is 12.4. The highest BCUT2D eigenvalue weighted by molar-refractivity contribution is 5.76. The molecule has 1 aromatic heterocycles. The predicted octanol–water partition coefficient (Wildman–Crippen LogP) is 5.47. The van der Waals surface area contributed by atoms with E-state index in [9.17, 15) is 9.90 Å². The van der Waals surface area contributed by atoms with Crippen LogP contribution in [0.2, 0.25) is 0 Å². The number of pyridine rings is 1. The van der Waals surface area contributed by atoms with Crippen molar-refractivity contribution in [1.82, 2.24) is 9.88 Å². The molecule has 3 heterocycles.